The second-order valence-electron chi connectivity index (χ2n) is 9.14. The van der Waals surface area contributed by atoms with Crippen molar-refractivity contribution in [1.29, 1.82) is 0 Å². The monoisotopic (exact) mass is 480 g/mol. The lowest BCUT2D eigenvalue weighted by Gasteiger charge is -2.36. The summed E-state index contributed by atoms with van der Waals surface area (Å²) in [5.74, 6) is -2.27. The summed E-state index contributed by atoms with van der Waals surface area (Å²) in [7, 11) is 1.27. The zero-order valence-electron chi connectivity index (χ0n) is 19.2. The van der Waals surface area contributed by atoms with E-state index in [9.17, 15) is 24.5 Å². The molecule has 2 heterocycles. The Hall–Kier alpha value is -4.59. The number of nitro benzene ring substituents is 1. The molecule has 8 nitrogen and oxygen atoms in total. The average molecular weight is 480 g/mol. The summed E-state index contributed by atoms with van der Waals surface area (Å²) in [6.07, 6.45) is 3.68. The Balaban J connectivity index is 1.66. The molecule has 3 atom stereocenters. The van der Waals surface area contributed by atoms with Crippen LogP contribution in [0.4, 0.5) is 11.4 Å². The molecule has 1 spiro atoms. The number of hydrogen-bond acceptors (Lipinski definition) is 7. The minimum absolute atomic E-state index is 0.129. The molecule has 6 rings (SSSR count). The van der Waals surface area contributed by atoms with Crippen LogP contribution in [0, 0.1) is 15.5 Å². The third kappa shape index (κ3) is 2.66. The van der Waals surface area contributed by atoms with Crippen molar-refractivity contribution in [3.8, 4) is 0 Å². The molecule has 178 valence electrons. The van der Waals surface area contributed by atoms with Crippen LogP contribution in [-0.4, -0.2) is 41.7 Å². The highest BCUT2D eigenvalue weighted by Crippen LogP contribution is 2.60. The number of rotatable bonds is 3. The smallest absolute Gasteiger partial charge is 0.329 e. The first-order valence-electron chi connectivity index (χ1n) is 11.5. The first-order valence-corrected chi connectivity index (χ1v) is 11.5. The molecule has 8 heteroatoms. The summed E-state index contributed by atoms with van der Waals surface area (Å²) >= 11 is 0. The Morgan fingerprint density at radius 3 is 2.17 bits per heavy atom. The molecule has 2 aliphatic heterocycles. The Labute approximate surface area is 205 Å². The van der Waals surface area contributed by atoms with Crippen LogP contribution in [0.3, 0.4) is 0 Å². The van der Waals surface area contributed by atoms with Crippen LogP contribution in [0.15, 0.2) is 78.9 Å². The summed E-state index contributed by atoms with van der Waals surface area (Å²) in [4.78, 5) is 54.6. The highest BCUT2D eigenvalue weighted by Gasteiger charge is 2.71. The summed E-state index contributed by atoms with van der Waals surface area (Å²) < 4.78 is 5.23. The molecule has 36 heavy (non-hydrogen) atoms. The molecule has 1 saturated heterocycles. The van der Waals surface area contributed by atoms with Crippen LogP contribution in [-0.2, 0) is 9.53 Å². The van der Waals surface area contributed by atoms with E-state index in [1.165, 1.54) is 31.4 Å². The van der Waals surface area contributed by atoms with Crippen molar-refractivity contribution in [3.63, 3.8) is 0 Å². The molecule has 0 aromatic heterocycles. The van der Waals surface area contributed by atoms with Gasteiger partial charge in [0.25, 0.3) is 5.69 Å². The number of nitro groups is 1. The zero-order valence-corrected chi connectivity index (χ0v) is 19.2. The molecule has 0 N–H and O–H groups in total. The molecule has 3 aromatic rings. The van der Waals surface area contributed by atoms with Crippen LogP contribution >= 0.6 is 0 Å². The van der Waals surface area contributed by atoms with E-state index in [1.807, 2.05) is 41.3 Å². The second-order valence-corrected chi connectivity index (χ2v) is 9.14. The van der Waals surface area contributed by atoms with E-state index in [0.717, 1.165) is 5.56 Å². The van der Waals surface area contributed by atoms with Gasteiger partial charge in [0.2, 0.25) is 0 Å². The molecule has 3 aliphatic rings. The van der Waals surface area contributed by atoms with Crippen molar-refractivity contribution in [1.82, 2.24) is 0 Å². The molecule has 1 fully saturated rings. The lowest BCUT2D eigenvalue weighted by atomic mass is 9.65. The van der Waals surface area contributed by atoms with Gasteiger partial charge < -0.3 is 9.64 Å². The van der Waals surface area contributed by atoms with Gasteiger partial charge in [0.15, 0.2) is 11.6 Å². The molecule has 0 radical (unpaired) electrons. The number of fused-ring (bicyclic) bond motifs is 5. The van der Waals surface area contributed by atoms with Crippen LogP contribution in [0.5, 0.6) is 0 Å². The minimum atomic E-state index is -1.65. The maximum atomic E-state index is 14.3. The van der Waals surface area contributed by atoms with Crippen LogP contribution < -0.4 is 4.90 Å². The minimum Gasteiger partial charge on any atom is -0.467 e. The van der Waals surface area contributed by atoms with E-state index in [-0.39, 0.29) is 17.3 Å². The van der Waals surface area contributed by atoms with Gasteiger partial charge in [0.1, 0.15) is 11.5 Å². The van der Waals surface area contributed by atoms with Crippen molar-refractivity contribution in [2.45, 2.75) is 18.0 Å². The molecule has 3 aromatic carbocycles. The number of ether oxygens (including phenoxy) is 1. The SMILES string of the molecule is COC(=O)[C@@H]1[C@H](c2ccc([N+](=O)[O-])cc2)C2(C(=O)c3ccccc3C2=O)[C@@H]2C=Cc3ccccc3N12. The molecule has 0 unspecified atom stereocenters. The summed E-state index contributed by atoms with van der Waals surface area (Å²) in [6.45, 7) is 0. The van der Waals surface area contributed by atoms with Crippen molar-refractivity contribution in [2.75, 3.05) is 12.0 Å². The Bertz CT molecular complexity index is 1460. The maximum absolute atomic E-state index is 14.3. The standard InChI is InChI=1S/C28H20N2O6/c1-36-27(33)24-23(17-10-13-18(14-11-17)30(34)35)28(25(31)19-7-3-4-8-20(19)26(28)32)22-15-12-16-6-2-5-9-21(16)29(22)24/h2-15,22-24H,1H3/t22-,23-,24-/m0/s1. The lowest BCUT2D eigenvalue weighted by Crippen LogP contribution is -2.48. The number of Topliss-reactive ketones (excluding diaryl/α,β-unsaturated/α-hetero) is 2. The van der Waals surface area contributed by atoms with Crippen molar-refractivity contribution in [2.24, 2.45) is 5.41 Å². The van der Waals surface area contributed by atoms with Gasteiger partial charge in [-0.15, -0.1) is 0 Å². The number of nitrogens with zero attached hydrogens (tertiary/aromatic N) is 2. The van der Waals surface area contributed by atoms with E-state index in [2.05, 4.69) is 0 Å². The van der Waals surface area contributed by atoms with Crippen molar-refractivity contribution < 1.29 is 24.0 Å². The van der Waals surface area contributed by atoms with Crippen molar-refractivity contribution >= 4 is 35.0 Å². The first-order chi connectivity index (χ1) is 17.4. The molecule has 1 aliphatic carbocycles. The number of carbonyl (C=O) groups excluding carboxylic acids is 3. The fourth-order valence-corrected chi connectivity index (χ4v) is 6.19. The van der Waals surface area contributed by atoms with Gasteiger partial charge in [0, 0.05) is 34.9 Å². The molecular weight excluding hydrogens is 460 g/mol. The Morgan fingerprint density at radius 2 is 1.56 bits per heavy atom. The van der Waals surface area contributed by atoms with E-state index in [0.29, 0.717) is 22.4 Å². The number of benzene rings is 3. The Morgan fingerprint density at radius 1 is 0.944 bits per heavy atom. The highest BCUT2D eigenvalue weighted by atomic mass is 16.6. The predicted molar refractivity (Wildman–Crippen MR) is 131 cm³/mol. The molecule has 0 saturated carbocycles. The van der Waals surface area contributed by atoms with Gasteiger partial charge in [-0.05, 0) is 17.2 Å². The number of ketones is 2. The number of non-ortho nitro benzene ring substituents is 1. The number of methoxy groups -OCH3 is 1. The van der Waals surface area contributed by atoms with E-state index in [1.54, 1.807) is 24.3 Å². The van der Waals surface area contributed by atoms with E-state index in [4.69, 9.17) is 4.74 Å². The molecular formula is C28H20N2O6. The Kier molecular flexibility index (Phi) is 4.69. The maximum Gasteiger partial charge on any atom is 0.329 e. The molecule has 0 amide bonds. The number of hydrogen-bond donors (Lipinski definition) is 0. The highest BCUT2D eigenvalue weighted by molar-refractivity contribution is 6.32. The first kappa shape index (κ1) is 21.9. The van der Waals surface area contributed by atoms with E-state index < -0.39 is 34.3 Å². The topological polar surface area (TPSA) is 107 Å². The lowest BCUT2D eigenvalue weighted by molar-refractivity contribution is -0.384. The second kappa shape index (κ2) is 7.71. The number of para-hydroxylation sites is 1. The number of esters is 1. The fraction of sp³-hybridized carbons (Fsp3) is 0.179. The van der Waals surface area contributed by atoms with Gasteiger partial charge in [0.05, 0.1) is 18.1 Å². The quantitative estimate of drug-likeness (QED) is 0.239. The largest absolute Gasteiger partial charge is 0.467 e. The zero-order chi connectivity index (χ0) is 25.2. The van der Waals surface area contributed by atoms with Gasteiger partial charge in [-0.3, -0.25) is 19.7 Å². The average Bonchev–Trinajstić information content (AvgIpc) is 3.35. The fourth-order valence-electron chi connectivity index (χ4n) is 6.19. The van der Waals surface area contributed by atoms with Gasteiger partial charge in [-0.2, -0.15) is 0 Å². The van der Waals surface area contributed by atoms with Crippen LogP contribution in [0.2, 0.25) is 0 Å². The summed E-state index contributed by atoms with van der Waals surface area (Å²) in [6, 6.07) is 18.1. The summed E-state index contributed by atoms with van der Waals surface area (Å²) in [5, 5.41) is 11.3. The van der Waals surface area contributed by atoms with Gasteiger partial charge >= 0.3 is 5.97 Å². The van der Waals surface area contributed by atoms with E-state index >= 15 is 0 Å². The normalized spacial score (nSPS) is 22.8. The van der Waals surface area contributed by atoms with Crippen molar-refractivity contribution in [3.05, 3.63) is 111 Å². The number of carbonyl (C=O) groups is 3. The predicted octanol–water partition coefficient (Wildman–Crippen LogP) is 4.20. The summed E-state index contributed by atoms with van der Waals surface area (Å²) in [5.41, 5.74) is 0.877. The van der Waals surface area contributed by atoms with Gasteiger partial charge in [-0.25, -0.2) is 4.79 Å². The number of anilines is 1. The third-order valence-corrected chi connectivity index (χ3v) is 7.62. The molecule has 0 bridgehead atoms. The van der Waals surface area contributed by atoms with Gasteiger partial charge in [-0.1, -0.05) is 66.7 Å². The van der Waals surface area contributed by atoms with Crippen LogP contribution in [0.25, 0.3) is 6.08 Å². The third-order valence-electron chi connectivity index (χ3n) is 7.62. The van der Waals surface area contributed by atoms with Crippen LogP contribution in [0.1, 0.15) is 37.8 Å².